The highest BCUT2D eigenvalue weighted by atomic mass is 35.5. The molecule has 0 aromatic heterocycles. The molecule has 1 amide bonds. The minimum atomic E-state index is 0.0417. The zero-order chi connectivity index (χ0) is 19.5. The van der Waals surface area contributed by atoms with Crippen LogP contribution in [0.25, 0.3) is 0 Å². The molecule has 2 aromatic carbocycles. The van der Waals surface area contributed by atoms with Crippen LogP contribution in [0.2, 0.25) is 5.02 Å². The number of likely N-dealkylation sites (tertiary alicyclic amines) is 1. The third-order valence-electron chi connectivity index (χ3n) is 5.85. The standard InChI is InChI=1S/C22H27ClN4O/c1-15-4-2-3-5-19(15)22(28)24-18-10-12-27(13-11-18)21-14-20(25-26-21)16-6-8-17(23)9-7-16/h2-9,18,20-21,25-26H,10-14H2,1H3,(H,24,28). The van der Waals surface area contributed by atoms with E-state index in [9.17, 15) is 4.79 Å². The maximum atomic E-state index is 12.5. The number of aryl methyl sites for hydroxylation is 1. The number of carbonyl (C=O) groups is 1. The van der Waals surface area contributed by atoms with Crippen molar-refractivity contribution in [3.05, 3.63) is 70.2 Å². The van der Waals surface area contributed by atoms with Crippen molar-refractivity contribution >= 4 is 17.5 Å². The molecule has 2 saturated heterocycles. The third-order valence-corrected chi connectivity index (χ3v) is 6.10. The van der Waals surface area contributed by atoms with Crippen LogP contribution in [0.15, 0.2) is 48.5 Å². The van der Waals surface area contributed by atoms with Crippen LogP contribution < -0.4 is 16.2 Å². The van der Waals surface area contributed by atoms with E-state index in [2.05, 4.69) is 33.2 Å². The summed E-state index contributed by atoms with van der Waals surface area (Å²) >= 11 is 5.99. The maximum Gasteiger partial charge on any atom is 0.251 e. The molecule has 6 heteroatoms. The predicted octanol–water partition coefficient (Wildman–Crippen LogP) is 3.41. The number of nitrogens with zero attached hydrogens (tertiary/aromatic N) is 1. The average molecular weight is 399 g/mol. The van der Waals surface area contributed by atoms with Gasteiger partial charge in [-0.15, -0.1) is 0 Å². The van der Waals surface area contributed by atoms with Crippen LogP contribution in [0, 0.1) is 6.92 Å². The molecule has 2 aliphatic heterocycles. The van der Waals surface area contributed by atoms with Crippen molar-refractivity contribution in [1.29, 1.82) is 0 Å². The van der Waals surface area contributed by atoms with E-state index >= 15 is 0 Å². The van der Waals surface area contributed by atoms with Gasteiger partial charge in [0, 0.05) is 35.8 Å². The van der Waals surface area contributed by atoms with Gasteiger partial charge < -0.3 is 5.32 Å². The smallest absolute Gasteiger partial charge is 0.251 e. The zero-order valence-corrected chi connectivity index (χ0v) is 16.9. The first-order valence-electron chi connectivity index (χ1n) is 9.97. The molecule has 0 spiro atoms. The molecule has 0 aliphatic carbocycles. The number of halogens is 1. The Morgan fingerprint density at radius 3 is 2.50 bits per heavy atom. The predicted molar refractivity (Wildman–Crippen MR) is 112 cm³/mol. The van der Waals surface area contributed by atoms with Crippen LogP contribution in [0.1, 0.15) is 46.8 Å². The average Bonchev–Trinajstić information content (AvgIpc) is 3.19. The Bertz CT molecular complexity index is 818. The Morgan fingerprint density at radius 1 is 1.07 bits per heavy atom. The van der Waals surface area contributed by atoms with Gasteiger partial charge >= 0.3 is 0 Å². The summed E-state index contributed by atoms with van der Waals surface area (Å²) in [6.07, 6.45) is 3.28. The first-order valence-corrected chi connectivity index (χ1v) is 10.3. The molecule has 2 fully saturated rings. The molecule has 2 aliphatic rings. The normalized spacial score (nSPS) is 23.6. The lowest BCUT2D eigenvalue weighted by Crippen LogP contribution is -2.51. The fourth-order valence-corrected chi connectivity index (χ4v) is 4.27. The number of hydrogen-bond donors (Lipinski definition) is 3. The molecular weight excluding hydrogens is 372 g/mol. The van der Waals surface area contributed by atoms with Gasteiger partial charge in [0.2, 0.25) is 0 Å². The summed E-state index contributed by atoms with van der Waals surface area (Å²) < 4.78 is 0. The SMILES string of the molecule is Cc1ccccc1C(=O)NC1CCN(C2CC(c3ccc(Cl)cc3)NN2)CC1. The van der Waals surface area contributed by atoms with E-state index in [4.69, 9.17) is 11.6 Å². The van der Waals surface area contributed by atoms with Gasteiger partial charge in [-0.3, -0.25) is 9.69 Å². The van der Waals surface area contributed by atoms with Gasteiger partial charge in [0.25, 0.3) is 5.91 Å². The van der Waals surface area contributed by atoms with E-state index in [1.807, 2.05) is 43.3 Å². The van der Waals surface area contributed by atoms with Crippen molar-refractivity contribution in [1.82, 2.24) is 21.1 Å². The Hall–Kier alpha value is -1.92. The second-order valence-corrected chi connectivity index (χ2v) is 8.18. The number of hydrazine groups is 1. The van der Waals surface area contributed by atoms with E-state index < -0.39 is 0 Å². The largest absolute Gasteiger partial charge is 0.349 e. The number of benzene rings is 2. The van der Waals surface area contributed by atoms with E-state index in [1.165, 1.54) is 5.56 Å². The van der Waals surface area contributed by atoms with Crippen molar-refractivity contribution in [2.24, 2.45) is 0 Å². The maximum absolute atomic E-state index is 12.5. The lowest BCUT2D eigenvalue weighted by molar-refractivity contribution is 0.0879. The zero-order valence-electron chi connectivity index (χ0n) is 16.1. The fraction of sp³-hybridized carbons (Fsp3) is 0.409. The summed E-state index contributed by atoms with van der Waals surface area (Å²) in [6, 6.07) is 16.3. The van der Waals surface area contributed by atoms with Crippen molar-refractivity contribution in [3.63, 3.8) is 0 Å². The lowest BCUT2D eigenvalue weighted by Gasteiger charge is -2.36. The summed E-state index contributed by atoms with van der Waals surface area (Å²) in [5.41, 5.74) is 9.89. The minimum absolute atomic E-state index is 0.0417. The minimum Gasteiger partial charge on any atom is -0.349 e. The summed E-state index contributed by atoms with van der Waals surface area (Å²) in [6.45, 7) is 3.93. The Labute approximate surface area is 171 Å². The van der Waals surface area contributed by atoms with Gasteiger partial charge in [-0.05, 0) is 55.5 Å². The van der Waals surface area contributed by atoms with Crippen LogP contribution in [0.3, 0.4) is 0 Å². The first kappa shape index (κ1) is 19.4. The molecule has 28 heavy (non-hydrogen) atoms. The molecular formula is C22H27ClN4O. The molecule has 3 N–H and O–H groups in total. The highest BCUT2D eigenvalue weighted by Gasteiger charge is 2.32. The molecule has 0 saturated carbocycles. The van der Waals surface area contributed by atoms with Gasteiger partial charge in [-0.1, -0.05) is 41.9 Å². The van der Waals surface area contributed by atoms with E-state index in [-0.39, 0.29) is 11.9 Å². The van der Waals surface area contributed by atoms with Crippen LogP contribution >= 0.6 is 11.6 Å². The molecule has 0 radical (unpaired) electrons. The highest BCUT2D eigenvalue weighted by molar-refractivity contribution is 6.30. The van der Waals surface area contributed by atoms with Gasteiger partial charge in [-0.25, -0.2) is 10.9 Å². The number of amides is 1. The van der Waals surface area contributed by atoms with Gasteiger partial charge in [0.1, 0.15) is 0 Å². The Kier molecular flexibility index (Phi) is 5.97. The summed E-state index contributed by atoms with van der Waals surface area (Å²) in [5, 5.41) is 3.98. The molecule has 5 nitrogen and oxygen atoms in total. The second-order valence-electron chi connectivity index (χ2n) is 7.74. The second kappa shape index (κ2) is 8.62. The summed E-state index contributed by atoms with van der Waals surface area (Å²) in [4.78, 5) is 15.0. The van der Waals surface area contributed by atoms with Gasteiger partial charge in [0.15, 0.2) is 0 Å². The van der Waals surface area contributed by atoms with E-state index in [1.54, 1.807) is 0 Å². The molecule has 4 rings (SSSR count). The molecule has 2 atom stereocenters. The van der Waals surface area contributed by atoms with Crippen LogP contribution in [0.5, 0.6) is 0 Å². The van der Waals surface area contributed by atoms with Gasteiger partial charge in [-0.2, -0.15) is 0 Å². The van der Waals surface area contributed by atoms with Crippen LogP contribution in [0.4, 0.5) is 0 Å². The summed E-state index contributed by atoms with van der Waals surface area (Å²) in [7, 11) is 0. The number of nitrogens with one attached hydrogen (secondary N) is 3. The third kappa shape index (κ3) is 4.39. The first-order chi connectivity index (χ1) is 13.6. The van der Waals surface area contributed by atoms with Gasteiger partial charge in [0.05, 0.1) is 6.17 Å². The molecule has 0 bridgehead atoms. The number of carbonyl (C=O) groups excluding carboxylic acids is 1. The van der Waals surface area contributed by atoms with Crippen molar-refractivity contribution in [3.8, 4) is 0 Å². The summed E-state index contributed by atoms with van der Waals surface area (Å²) in [5.74, 6) is 0.0417. The highest BCUT2D eigenvalue weighted by Crippen LogP contribution is 2.26. The number of rotatable bonds is 4. The molecule has 148 valence electrons. The fourth-order valence-electron chi connectivity index (χ4n) is 4.14. The van der Waals surface area contributed by atoms with E-state index in [0.29, 0.717) is 12.2 Å². The molecule has 2 unspecified atom stereocenters. The molecule has 2 aromatic rings. The Morgan fingerprint density at radius 2 is 1.79 bits per heavy atom. The number of hydrogen-bond acceptors (Lipinski definition) is 4. The van der Waals surface area contributed by atoms with Crippen LogP contribution in [-0.4, -0.2) is 36.1 Å². The molecule has 2 heterocycles. The van der Waals surface area contributed by atoms with Crippen molar-refractivity contribution in [2.45, 2.75) is 44.4 Å². The monoisotopic (exact) mass is 398 g/mol. The van der Waals surface area contributed by atoms with Crippen LogP contribution in [-0.2, 0) is 0 Å². The number of piperidine rings is 1. The topological polar surface area (TPSA) is 56.4 Å². The Balaban J connectivity index is 1.27. The lowest BCUT2D eigenvalue weighted by atomic mass is 10.0. The van der Waals surface area contributed by atoms with Crippen molar-refractivity contribution in [2.75, 3.05) is 13.1 Å². The quantitative estimate of drug-likeness (QED) is 0.738. The van der Waals surface area contributed by atoms with E-state index in [0.717, 1.165) is 48.5 Å². The van der Waals surface area contributed by atoms with Crippen molar-refractivity contribution < 1.29 is 4.79 Å².